The highest BCUT2D eigenvalue weighted by molar-refractivity contribution is 7.98. The second-order valence-electron chi connectivity index (χ2n) is 5.70. The molecule has 2 heterocycles. The van der Waals surface area contributed by atoms with Crippen molar-refractivity contribution < 1.29 is 0 Å². The minimum absolute atomic E-state index is 0.631. The Hall–Kier alpha value is -2.08. The molecule has 0 aliphatic rings. The molecule has 0 N–H and O–H groups in total. The minimum atomic E-state index is 0.631. The fourth-order valence-corrected chi connectivity index (χ4v) is 3.18. The highest BCUT2D eigenvalue weighted by Crippen LogP contribution is 2.32. The molecule has 0 radical (unpaired) electrons. The molecule has 0 aliphatic heterocycles. The Morgan fingerprint density at radius 1 is 1.17 bits per heavy atom. The van der Waals surface area contributed by atoms with Crippen molar-refractivity contribution in [2.24, 2.45) is 0 Å². The maximum Gasteiger partial charge on any atom is 0.254 e. The Morgan fingerprint density at radius 3 is 2.57 bits per heavy atom. The Bertz CT molecular complexity index is 808. The lowest BCUT2D eigenvalue weighted by Gasteiger charge is -2.20. The zero-order valence-electron chi connectivity index (χ0n) is 13.9. The van der Waals surface area contributed by atoms with Gasteiger partial charge in [0.2, 0.25) is 0 Å². The molecular formula is C17H21N5S. The van der Waals surface area contributed by atoms with Gasteiger partial charge in [-0.2, -0.15) is 26.4 Å². The number of thioether (sulfide) groups is 1. The van der Waals surface area contributed by atoms with Crippen LogP contribution < -0.4 is 4.90 Å². The minimum Gasteiger partial charge on any atom is -0.362 e. The van der Waals surface area contributed by atoms with Crippen LogP contribution in [0.15, 0.2) is 30.6 Å². The number of hydrogen-bond donors (Lipinski definition) is 0. The highest BCUT2D eigenvalue weighted by atomic mass is 32.2. The maximum atomic E-state index is 4.59. The Kier molecular flexibility index (Phi) is 4.52. The summed E-state index contributed by atoms with van der Waals surface area (Å²) in [5.41, 5.74) is 4.58. The normalized spacial score (nSPS) is 11.1. The van der Waals surface area contributed by atoms with E-state index in [1.807, 2.05) is 32.8 Å². The molecule has 0 saturated carbocycles. The predicted molar refractivity (Wildman–Crippen MR) is 97.4 cm³/mol. The lowest BCUT2D eigenvalue weighted by Crippen LogP contribution is -2.17. The SMILES string of the molecule is CSCCc1ccc(-c2c(C)nc3ncnn3c2N(C)C)cc1. The summed E-state index contributed by atoms with van der Waals surface area (Å²) in [7, 11) is 4.04. The van der Waals surface area contributed by atoms with Crippen LogP contribution in [0.5, 0.6) is 0 Å². The van der Waals surface area contributed by atoms with Crippen LogP contribution in [0.2, 0.25) is 0 Å². The van der Waals surface area contributed by atoms with E-state index in [4.69, 9.17) is 0 Å². The summed E-state index contributed by atoms with van der Waals surface area (Å²) < 4.78 is 1.80. The van der Waals surface area contributed by atoms with Crippen LogP contribution >= 0.6 is 11.8 Å². The molecule has 2 aromatic heterocycles. The van der Waals surface area contributed by atoms with Crippen molar-refractivity contribution in [1.29, 1.82) is 0 Å². The number of fused-ring (bicyclic) bond motifs is 1. The van der Waals surface area contributed by atoms with E-state index in [9.17, 15) is 0 Å². The number of hydrogen-bond acceptors (Lipinski definition) is 5. The molecule has 0 atom stereocenters. The Balaban J connectivity index is 2.11. The van der Waals surface area contributed by atoms with Gasteiger partial charge in [-0.05, 0) is 36.5 Å². The predicted octanol–water partition coefficient (Wildman–Crippen LogP) is 3.07. The summed E-state index contributed by atoms with van der Waals surface area (Å²) in [5.74, 6) is 2.78. The lowest BCUT2D eigenvalue weighted by atomic mass is 10.0. The molecule has 0 fully saturated rings. The van der Waals surface area contributed by atoms with E-state index < -0.39 is 0 Å². The number of nitrogens with zero attached hydrogens (tertiary/aromatic N) is 5. The molecule has 0 aliphatic carbocycles. The topological polar surface area (TPSA) is 46.3 Å². The summed E-state index contributed by atoms with van der Waals surface area (Å²) in [4.78, 5) is 10.9. The number of aryl methyl sites for hydroxylation is 2. The third-order valence-corrected chi connectivity index (χ3v) is 4.46. The molecule has 6 heteroatoms. The zero-order chi connectivity index (χ0) is 16.4. The molecular weight excluding hydrogens is 306 g/mol. The molecule has 120 valence electrons. The van der Waals surface area contributed by atoms with Crippen molar-refractivity contribution in [3.63, 3.8) is 0 Å². The van der Waals surface area contributed by atoms with Crippen molar-refractivity contribution in [3.8, 4) is 11.1 Å². The van der Waals surface area contributed by atoms with Gasteiger partial charge < -0.3 is 4.90 Å². The first kappa shape index (κ1) is 15.8. The molecule has 0 spiro atoms. The lowest BCUT2D eigenvalue weighted by molar-refractivity contribution is 0.891. The zero-order valence-corrected chi connectivity index (χ0v) is 14.8. The Morgan fingerprint density at radius 2 is 1.91 bits per heavy atom. The molecule has 3 rings (SSSR count). The van der Waals surface area contributed by atoms with E-state index in [1.165, 1.54) is 5.56 Å². The van der Waals surface area contributed by atoms with Crippen molar-refractivity contribution in [3.05, 3.63) is 41.9 Å². The van der Waals surface area contributed by atoms with Crippen LogP contribution in [0.4, 0.5) is 5.82 Å². The van der Waals surface area contributed by atoms with E-state index in [0.29, 0.717) is 5.78 Å². The highest BCUT2D eigenvalue weighted by Gasteiger charge is 2.17. The van der Waals surface area contributed by atoms with Crippen LogP contribution in [-0.4, -0.2) is 45.7 Å². The average molecular weight is 327 g/mol. The standard InChI is InChI=1S/C17H21N5S/c1-12-15(14-7-5-13(6-8-14)9-10-23-4)16(21(2)3)22-17(20-12)18-11-19-22/h5-8,11H,9-10H2,1-4H3. The summed E-state index contributed by atoms with van der Waals surface area (Å²) in [6.07, 6.45) is 4.78. The molecule has 1 aromatic carbocycles. The first-order valence-electron chi connectivity index (χ1n) is 7.57. The molecule has 0 unspecified atom stereocenters. The average Bonchev–Trinajstić information content (AvgIpc) is 2.99. The first-order valence-corrected chi connectivity index (χ1v) is 8.97. The van der Waals surface area contributed by atoms with Gasteiger partial charge in [0, 0.05) is 19.7 Å². The molecule has 0 amide bonds. The van der Waals surface area contributed by atoms with Crippen LogP contribution in [-0.2, 0) is 6.42 Å². The van der Waals surface area contributed by atoms with Gasteiger partial charge in [-0.25, -0.2) is 4.98 Å². The Labute approximate surface area is 140 Å². The number of aromatic nitrogens is 4. The largest absolute Gasteiger partial charge is 0.362 e. The monoisotopic (exact) mass is 327 g/mol. The molecule has 0 saturated heterocycles. The van der Waals surface area contributed by atoms with Crippen LogP contribution in [0, 0.1) is 6.92 Å². The smallest absolute Gasteiger partial charge is 0.254 e. The number of benzene rings is 1. The van der Waals surface area contributed by atoms with E-state index >= 15 is 0 Å². The van der Waals surface area contributed by atoms with Gasteiger partial charge in [-0.15, -0.1) is 0 Å². The second-order valence-corrected chi connectivity index (χ2v) is 6.69. The van der Waals surface area contributed by atoms with Crippen molar-refractivity contribution in [2.45, 2.75) is 13.3 Å². The van der Waals surface area contributed by atoms with E-state index in [-0.39, 0.29) is 0 Å². The number of rotatable bonds is 5. The maximum absolute atomic E-state index is 4.59. The second kappa shape index (κ2) is 6.58. The number of anilines is 1. The van der Waals surface area contributed by atoms with E-state index in [1.54, 1.807) is 10.8 Å². The van der Waals surface area contributed by atoms with E-state index in [2.05, 4.69) is 50.5 Å². The van der Waals surface area contributed by atoms with Gasteiger partial charge in [-0.3, -0.25) is 0 Å². The summed E-state index contributed by atoms with van der Waals surface area (Å²) >= 11 is 1.87. The van der Waals surface area contributed by atoms with Gasteiger partial charge >= 0.3 is 0 Å². The van der Waals surface area contributed by atoms with Crippen molar-refractivity contribution in [2.75, 3.05) is 31.0 Å². The third kappa shape index (κ3) is 3.03. The quantitative estimate of drug-likeness (QED) is 0.721. The van der Waals surface area contributed by atoms with Gasteiger partial charge in [0.15, 0.2) is 0 Å². The van der Waals surface area contributed by atoms with Gasteiger partial charge in [-0.1, -0.05) is 24.3 Å². The van der Waals surface area contributed by atoms with Crippen molar-refractivity contribution in [1.82, 2.24) is 19.6 Å². The van der Waals surface area contributed by atoms with Gasteiger partial charge in [0.1, 0.15) is 12.1 Å². The van der Waals surface area contributed by atoms with Crippen LogP contribution in [0.1, 0.15) is 11.3 Å². The summed E-state index contributed by atoms with van der Waals surface area (Å²) in [6.45, 7) is 2.03. The first-order chi connectivity index (χ1) is 11.1. The molecule has 23 heavy (non-hydrogen) atoms. The van der Waals surface area contributed by atoms with Crippen LogP contribution in [0.25, 0.3) is 16.9 Å². The fraction of sp³-hybridized carbons (Fsp3) is 0.353. The third-order valence-electron chi connectivity index (χ3n) is 3.84. The fourth-order valence-electron chi connectivity index (χ4n) is 2.74. The van der Waals surface area contributed by atoms with E-state index in [0.717, 1.165) is 34.8 Å². The molecule has 0 bridgehead atoms. The van der Waals surface area contributed by atoms with Crippen LogP contribution in [0.3, 0.4) is 0 Å². The van der Waals surface area contributed by atoms with Crippen molar-refractivity contribution >= 4 is 23.4 Å². The summed E-state index contributed by atoms with van der Waals surface area (Å²) in [6, 6.07) is 8.76. The van der Waals surface area contributed by atoms with Gasteiger partial charge in [0.25, 0.3) is 5.78 Å². The molecule has 3 aromatic rings. The van der Waals surface area contributed by atoms with Gasteiger partial charge in [0.05, 0.1) is 5.69 Å². The molecule has 5 nitrogen and oxygen atoms in total. The summed E-state index contributed by atoms with van der Waals surface area (Å²) in [5, 5.41) is 4.32.